The van der Waals surface area contributed by atoms with Gasteiger partial charge >= 0.3 is 0 Å². The van der Waals surface area contributed by atoms with E-state index in [-0.39, 0.29) is 12.5 Å². The zero-order chi connectivity index (χ0) is 20.6. The van der Waals surface area contributed by atoms with Gasteiger partial charge in [0.2, 0.25) is 0 Å². The third-order valence-corrected chi connectivity index (χ3v) is 4.19. The number of halogens is 1. The number of nitrogens with one attached hydrogen (secondary N) is 2. The minimum atomic E-state index is -0.437. The largest absolute Gasteiger partial charge is 0.484 e. The second kappa shape index (κ2) is 9.50. The zero-order valence-corrected chi connectivity index (χ0v) is 15.9. The van der Waals surface area contributed by atoms with Crippen molar-refractivity contribution < 1.29 is 18.7 Å². The van der Waals surface area contributed by atoms with Crippen LogP contribution >= 0.6 is 0 Å². The summed E-state index contributed by atoms with van der Waals surface area (Å²) in [6.45, 7) is 1.92. The van der Waals surface area contributed by atoms with Gasteiger partial charge in [-0.3, -0.25) is 9.59 Å². The van der Waals surface area contributed by atoms with Crippen LogP contribution < -0.4 is 15.4 Å². The maximum absolute atomic E-state index is 13.3. The molecule has 0 aliphatic rings. The maximum atomic E-state index is 13.3. The van der Waals surface area contributed by atoms with Gasteiger partial charge in [-0.2, -0.15) is 0 Å². The van der Waals surface area contributed by atoms with E-state index in [1.807, 2.05) is 24.3 Å². The molecule has 0 bridgehead atoms. The van der Waals surface area contributed by atoms with E-state index >= 15 is 0 Å². The van der Waals surface area contributed by atoms with Crippen molar-refractivity contribution >= 4 is 23.2 Å². The molecule has 0 aromatic heterocycles. The second-order valence-electron chi connectivity index (χ2n) is 6.38. The van der Waals surface area contributed by atoms with Crippen molar-refractivity contribution in [2.75, 3.05) is 17.2 Å². The normalized spacial score (nSPS) is 10.3. The van der Waals surface area contributed by atoms with Gasteiger partial charge in [-0.05, 0) is 60.5 Å². The molecule has 3 aromatic carbocycles. The molecule has 0 fully saturated rings. The highest BCUT2D eigenvalue weighted by Crippen LogP contribution is 2.15. The summed E-state index contributed by atoms with van der Waals surface area (Å²) in [5.74, 6) is -0.570. The number of carbonyl (C=O) groups is 2. The monoisotopic (exact) mass is 392 g/mol. The minimum Gasteiger partial charge on any atom is -0.484 e. The lowest BCUT2D eigenvalue weighted by Crippen LogP contribution is -2.20. The topological polar surface area (TPSA) is 67.4 Å². The smallest absolute Gasteiger partial charge is 0.262 e. The Balaban J connectivity index is 1.56. The van der Waals surface area contributed by atoms with Crippen LogP contribution in [0, 0.1) is 5.82 Å². The highest BCUT2D eigenvalue weighted by molar-refractivity contribution is 6.05. The van der Waals surface area contributed by atoms with Crippen LogP contribution in [-0.2, 0) is 11.2 Å². The van der Waals surface area contributed by atoms with Gasteiger partial charge in [0, 0.05) is 16.9 Å². The first-order valence-corrected chi connectivity index (χ1v) is 9.22. The minimum absolute atomic E-state index is 0.148. The Morgan fingerprint density at radius 2 is 1.59 bits per heavy atom. The number of rotatable bonds is 7. The Kier molecular flexibility index (Phi) is 6.58. The number of carbonyl (C=O) groups excluding carboxylic acids is 2. The number of ether oxygens (including phenoxy) is 1. The Hall–Kier alpha value is -3.67. The van der Waals surface area contributed by atoms with Crippen LogP contribution in [0.2, 0.25) is 0 Å². The van der Waals surface area contributed by atoms with Crippen molar-refractivity contribution in [1.29, 1.82) is 0 Å². The fraction of sp³-hybridized carbons (Fsp3) is 0.130. The van der Waals surface area contributed by atoms with E-state index in [1.54, 1.807) is 30.3 Å². The number of benzene rings is 3. The van der Waals surface area contributed by atoms with E-state index < -0.39 is 11.7 Å². The van der Waals surface area contributed by atoms with Gasteiger partial charge in [0.25, 0.3) is 11.8 Å². The second-order valence-corrected chi connectivity index (χ2v) is 6.38. The van der Waals surface area contributed by atoms with Crippen LogP contribution in [0.1, 0.15) is 22.8 Å². The molecule has 3 aromatic rings. The Bertz CT molecular complexity index is 1000. The Morgan fingerprint density at radius 1 is 0.897 bits per heavy atom. The molecule has 0 heterocycles. The summed E-state index contributed by atoms with van der Waals surface area (Å²) in [7, 11) is 0. The summed E-state index contributed by atoms with van der Waals surface area (Å²) in [6.07, 6.45) is 0.934. The van der Waals surface area contributed by atoms with Gasteiger partial charge in [-0.1, -0.05) is 31.2 Å². The zero-order valence-electron chi connectivity index (χ0n) is 15.9. The average molecular weight is 392 g/mol. The molecule has 29 heavy (non-hydrogen) atoms. The summed E-state index contributed by atoms with van der Waals surface area (Å²) >= 11 is 0. The third kappa shape index (κ3) is 5.90. The summed E-state index contributed by atoms with van der Waals surface area (Å²) in [5.41, 5.74) is 2.34. The lowest BCUT2D eigenvalue weighted by Gasteiger charge is -2.10. The molecule has 0 saturated carbocycles. The number of hydrogen-bond donors (Lipinski definition) is 2. The molecule has 6 heteroatoms. The van der Waals surface area contributed by atoms with Crippen LogP contribution in [0.3, 0.4) is 0 Å². The van der Waals surface area contributed by atoms with Crippen LogP contribution in [0.25, 0.3) is 0 Å². The van der Waals surface area contributed by atoms with Crippen LogP contribution in [-0.4, -0.2) is 18.4 Å². The standard InChI is InChI=1S/C23H21FN2O3/c1-2-16-9-11-21(12-10-16)29-15-22(27)25-19-7-3-5-17(13-19)23(28)26-20-8-4-6-18(24)14-20/h3-14H,2,15H2,1H3,(H,25,27)(H,26,28). The van der Waals surface area contributed by atoms with E-state index in [1.165, 1.54) is 23.8 Å². The predicted octanol–water partition coefficient (Wildman–Crippen LogP) is 4.66. The fourth-order valence-electron chi connectivity index (χ4n) is 2.68. The van der Waals surface area contributed by atoms with Gasteiger partial charge in [0.15, 0.2) is 6.61 Å². The fourth-order valence-corrected chi connectivity index (χ4v) is 2.68. The Labute approximate surface area is 168 Å². The molecule has 0 aliphatic heterocycles. The predicted molar refractivity (Wildman–Crippen MR) is 111 cm³/mol. The van der Waals surface area contributed by atoms with Crippen LogP contribution in [0.15, 0.2) is 72.8 Å². The Morgan fingerprint density at radius 3 is 2.28 bits per heavy atom. The maximum Gasteiger partial charge on any atom is 0.262 e. The van der Waals surface area contributed by atoms with Crippen molar-refractivity contribution in [3.8, 4) is 5.75 Å². The highest BCUT2D eigenvalue weighted by Gasteiger charge is 2.09. The van der Waals surface area contributed by atoms with Gasteiger partial charge < -0.3 is 15.4 Å². The molecule has 0 aliphatic carbocycles. The summed E-state index contributed by atoms with van der Waals surface area (Å²) in [5, 5.41) is 5.32. The van der Waals surface area contributed by atoms with Crippen molar-refractivity contribution in [1.82, 2.24) is 0 Å². The lowest BCUT2D eigenvalue weighted by molar-refractivity contribution is -0.118. The molecule has 2 amide bonds. The highest BCUT2D eigenvalue weighted by atomic mass is 19.1. The number of hydrogen-bond acceptors (Lipinski definition) is 3. The molecular weight excluding hydrogens is 371 g/mol. The van der Waals surface area contributed by atoms with E-state index in [2.05, 4.69) is 17.6 Å². The summed E-state index contributed by atoms with van der Waals surface area (Å²) < 4.78 is 18.7. The number of anilines is 2. The van der Waals surface area contributed by atoms with Crippen molar-refractivity contribution in [3.63, 3.8) is 0 Å². The van der Waals surface area contributed by atoms with E-state index in [0.717, 1.165) is 6.42 Å². The molecular formula is C23H21FN2O3. The molecule has 2 N–H and O–H groups in total. The van der Waals surface area contributed by atoms with Crippen LogP contribution in [0.4, 0.5) is 15.8 Å². The number of aryl methyl sites for hydroxylation is 1. The van der Waals surface area contributed by atoms with Gasteiger partial charge in [-0.15, -0.1) is 0 Å². The summed E-state index contributed by atoms with van der Waals surface area (Å²) in [4.78, 5) is 24.5. The third-order valence-electron chi connectivity index (χ3n) is 4.19. The van der Waals surface area contributed by atoms with E-state index in [4.69, 9.17) is 4.74 Å². The van der Waals surface area contributed by atoms with Crippen molar-refractivity contribution in [2.45, 2.75) is 13.3 Å². The molecule has 0 atom stereocenters. The van der Waals surface area contributed by atoms with Crippen molar-refractivity contribution in [2.24, 2.45) is 0 Å². The molecule has 0 spiro atoms. The molecule has 5 nitrogen and oxygen atoms in total. The quantitative estimate of drug-likeness (QED) is 0.615. The SMILES string of the molecule is CCc1ccc(OCC(=O)Nc2cccc(C(=O)Nc3cccc(F)c3)c2)cc1. The van der Waals surface area contributed by atoms with Gasteiger partial charge in [0.05, 0.1) is 0 Å². The van der Waals surface area contributed by atoms with E-state index in [9.17, 15) is 14.0 Å². The van der Waals surface area contributed by atoms with Crippen molar-refractivity contribution in [3.05, 3.63) is 89.7 Å². The van der Waals surface area contributed by atoms with Crippen LogP contribution in [0.5, 0.6) is 5.75 Å². The van der Waals surface area contributed by atoms with Gasteiger partial charge in [-0.25, -0.2) is 4.39 Å². The molecule has 0 radical (unpaired) electrons. The molecule has 0 unspecified atom stereocenters. The molecule has 3 rings (SSSR count). The van der Waals surface area contributed by atoms with Gasteiger partial charge in [0.1, 0.15) is 11.6 Å². The first-order chi connectivity index (χ1) is 14.0. The summed E-state index contributed by atoms with van der Waals surface area (Å²) in [6, 6.07) is 19.7. The lowest BCUT2D eigenvalue weighted by atomic mass is 10.1. The molecule has 148 valence electrons. The average Bonchev–Trinajstić information content (AvgIpc) is 2.73. The van der Waals surface area contributed by atoms with E-state index in [0.29, 0.717) is 22.7 Å². The first-order valence-electron chi connectivity index (χ1n) is 9.22. The number of amides is 2. The first kappa shape index (κ1) is 20.1. The molecule has 0 saturated heterocycles.